The summed E-state index contributed by atoms with van der Waals surface area (Å²) in [6.07, 6.45) is 0. The number of hydrogen-bond donors (Lipinski definition) is 1. The molecule has 0 saturated heterocycles. The lowest BCUT2D eigenvalue weighted by atomic mass is 10.5. The molecule has 0 unspecified atom stereocenters. The van der Waals surface area contributed by atoms with Crippen molar-refractivity contribution < 1.29 is 23.3 Å². The average Bonchev–Trinajstić information content (AvgIpc) is 3.06. The molecule has 1 amide bonds. The van der Waals surface area contributed by atoms with Crippen molar-refractivity contribution in [1.29, 1.82) is 0 Å². The predicted octanol–water partition coefficient (Wildman–Crippen LogP) is 1.27. The second-order valence-electron chi connectivity index (χ2n) is 3.76. The summed E-state index contributed by atoms with van der Waals surface area (Å²) in [5, 5.41) is 13.4. The first-order valence-electron chi connectivity index (χ1n) is 5.95. The van der Waals surface area contributed by atoms with Crippen molar-refractivity contribution in [3.05, 3.63) is 17.7 Å². The first-order valence-corrected chi connectivity index (χ1v) is 6.93. The van der Waals surface area contributed by atoms with E-state index in [0.29, 0.717) is 5.69 Å². The quantitative estimate of drug-likeness (QED) is 0.620. The van der Waals surface area contributed by atoms with E-state index in [1.54, 1.807) is 19.9 Å². The molecular formula is C11H12N4O5S. The number of thioether (sulfide) groups is 1. The van der Waals surface area contributed by atoms with Gasteiger partial charge >= 0.3 is 11.9 Å². The van der Waals surface area contributed by atoms with E-state index >= 15 is 0 Å². The Morgan fingerprint density at radius 3 is 2.90 bits per heavy atom. The molecule has 112 valence electrons. The molecule has 0 spiro atoms. The number of ether oxygens (including phenoxy) is 1. The van der Waals surface area contributed by atoms with Crippen LogP contribution in [0.1, 0.15) is 23.3 Å². The fourth-order valence-corrected chi connectivity index (χ4v) is 1.83. The van der Waals surface area contributed by atoms with Crippen molar-refractivity contribution in [2.24, 2.45) is 0 Å². The molecule has 0 aliphatic carbocycles. The average molecular weight is 312 g/mol. The highest BCUT2D eigenvalue weighted by atomic mass is 32.2. The van der Waals surface area contributed by atoms with E-state index in [9.17, 15) is 9.59 Å². The molecule has 2 aromatic heterocycles. The Balaban J connectivity index is 1.82. The van der Waals surface area contributed by atoms with Crippen LogP contribution in [0.5, 0.6) is 0 Å². The predicted molar refractivity (Wildman–Crippen MR) is 70.8 cm³/mol. The Morgan fingerprint density at radius 2 is 2.24 bits per heavy atom. The van der Waals surface area contributed by atoms with Gasteiger partial charge in [0.25, 0.3) is 5.22 Å². The highest BCUT2D eigenvalue weighted by Crippen LogP contribution is 2.17. The topological polar surface area (TPSA) is 120 Å². The minimum Gasteiger partial charge on any atom is -0.459 e. The number of aromatic nitrogens is 3. The molecule has 21 heavy (non-hydrogen) atoms. The van der Waals surface area contributed by atoms with E-state index in [1.165, 1.54) is 0 Å². The minimum absolute atomic E-state index is 0.0181. The molecule has 0 atom stereocenters. The van der Waals surface area contributed by atoms with Gasteiger partial charge in [0, 0.05) is 6.07 Å². The van der Waals surface area contributed by atoms with Crippen LogP contribution in [-0.2, 0) is 9.53 Å². The molecule has 2 heterocycles. The van der Waals surface area contributed by atoms with E-state index in [4.69, 9.17) is 13.7 Å². The third-order valence-electron chi connectivity index (χ3n) is 2.07. The molecule has 2 rings (SSSR count). The molecule has 0 bridgehead atoms. The zero-order valence-corrected chi connectivity index (χ0v) is 12.1. The van der Waals surface area contributed by atoms with Gasteiger partial charge in [0.2, 0.25) is 11.8 Å². The molecule has 0 radical (unpaired) electrons. The number of amides is 1. The Kier molecular flexibility index (Phi) is 4.93. The fraction of sp³-hybridized carbons (Fsp3) is 0.364. The maximum Gasteiger partial charge on any atom is 0.396 e. The number of aryl methyl sites for hydroxylation is 1. The van der Waals surface area contributed by atoms with Crippen LogP contribution < -0.4 is 5.32 Å². The maximum absolute atomic E-state index is 11.6. The van der Waals surface area contributed by atoms with E-state index in [1.807, 2.05) is 0 Å². The van der Waals surface area contributed by atoms with Crippen LogP contribution in [-0.4, -0.2) is 39.6 Å². The van der Waals surface area contributed by atoms with Crippen molar-refractivity contribution in [1.82, 2.24) is 15.4 Å². The van der Waals surface area contributed by atoms with Gasteiger partial charge in [-0.2, -0.15) is 0 Å². The van der Waals surface area contributed by atoms with E-state index < -0.39 is 5.97 Å². The van der Waals surface area contributed by atoms with Crippen LogP contribution in [0, 0.1) is 6.92 Å². The summed E-state index contributed by atoms with van der Waals surface area (Å²) in [5.74, 6) is -0.989. The largest absolute Gasteiger partial charge is 0.459 e. The van der Waals surface area contributed by atoms with Crippen LogP contribution in [0.2, 0.25) is 0 Å². The lowest BCUT2D eigenvalue weighted by Gasteiger charge is -1.98. The molecular weight excluding hydrogens is 300 g/mol. The normalized spacial score (nSPS) is 10.4. The van der Waals surface area contributed by atoms with Gasteiger partial charge in [-0.05, 0) is 13.8 Å². The third-order valence-corrected chi connectivity index (χ3v) is 2.89. The van der Waals surface area contributed by atoms with Crippen molar-refractivity contribution in [3.8, 4) is 0 Å². The van der Waals surface area contributed by atoms with Crippen molar-refractivity contribution in [2.75, 3.05) is 17.7 Å². The van der Waals surface area contributed by atoms with Gasteiger partial charge in [-0.25, -0.2) is 4.79 Å². The summed E-state index contributed by atoms with van der Waals surface area (Å²) in [4.78, 5) is 23.0. The number of esters is 1. The number of nitrogens with one attached hydrogen (secondary N) is 1. The SMILES string of the molecule is CCOC(=O)c1nnc(SCC(=O)Nc2cc(C)no2)o1. The summed E-state index contributed by atoms with van der Waals surface area (Å²) in [6, 6.07) is 1.59. The number of carbonyl (C=O) groups excluding carboxylic acids is 2. The number of hydrogen-bond acceptors (Lipinski definition) is 9. The number of carbonyl (C=O) groups is 2. The van der Waals surface area contributed by atoms with Crippen molar-refractivity contribution in [2.45, 2.75) is 19.1 Å². The van der Waals surface area contributed by atoms with Crippen LogP contribution >= 0.6 is 11.8 Å². The van der Waals surface area contributed by atoms with E-state index in [0.717, 1.165) is 11.8 Å². The molecule has 0 aromatic carbocycles. The van der Waals surface area contributed by atoms with Gasteiger partial charge in [-0.15, -0.1) is 5.10 Å². The summed E-state index contributed by atoms with van der Waals surface area (Å²) in [7, 11) is 0. The maximum atomic E-state index is 11.6. The Hall–Kier alpha value is -2.36. The number of nitrogens with zero attached hydrogens (tertiary/aromatic N) is 3. The van der Waals surface area contributed by atoms with E-state index in [-0.39, 0.29) is 35.3 Å². The molecule has 0 fully saturated rings. The second kappa shape index (κ2) is 6.88. The molecule has 1 N–H and O–H groups in total. The number of rotatable bonds is 6. The molecule has 9 nitrogen and oxygen atoms in total. The van der Waals surface area contributed by atoms with Gasteiger partial charge in [-0.3, -0.25) is 10.1 Å². The van der Waals surface area contributed by atoms with Gasteiger partial charge in [0.1, 0.15) is 0 Å². The molecule has 10 heteroatoms. The summed E-state index contributed by atoms with van der Waals surface area (Å²) in [6.45, 7) is 3.62. The van der Waals surface area contributed by atoms with Crippen LogP contribution in [0.3, 0.4) is 0 Å². The Bertz CT molecular complexity index is 638. The standard InChI is InChI=1S/C11H12N4O5S/c1-3-18-10(17)9-13-14-11(19-9)21-5-7(16)12-8-4-6(2)15-20-8/h4H,3,5H2,1-2H3,(H,12,16). The highest BCUT2D eigenvalue weighted by Gasteiger charge is 2.17. The van der Waals surface area contributed by atoms with Crippen molar-refractivity contribution in [3.63, 3.8) is 0 Å². The monoisotopic (exact) mass is 312 g/mol. The Morgan fingerprint density at radius 1 is 1.43 bits per heavy atom. The Labute approximate surface area is 123 Å². The van der Waals surface area contributed by atoms with E-state index in [2.05, 4.69) is 20.7 Å². The first-order chi connectivity index (χ1) is 10.1. The third kappa shape index (κ3) is 4.31. The summed E-state index contributed by atoms with van der Waals surface area (Å²) < 4.78 is 14.6. The zero-order chi connectivity index (χ0) is 15.2. The zero-order valence-electron chi connectivity index (χ0n) is 11.3. The highest BCUT2D eigenvalue weighted by molar-refractivity contribution is 7.99. The minimum atomic E-state index is -0.696. The van der Waals surface area contributed by atoms with Gasteiger partial charge < -0.3 is 13.7 Å². The molecule has 0 saturated carbocycles. The lowest BCUT2D eigenvalue weighted by Crippen LogP contribution is -2.13. The van der Waals surface area contributed by atoms with Gasteiger partial charge in [0.15, 0.2) is 0 Å². The molecule has 0 aliphatic rings. The van der Waals surface area contributed by atoms with Crippen LogP contribution in [0.4, 0.5) is 5.88 Å². The van der Waals surface area contributed by atoms with Crippen LogP contribution in [0.25, 0.3) is 0 Å². The van der Waals surface area contributed by atoms with Crippen molar-refractivity contribution >= 4 is 29.5 Å². The molecule has 0 aliphatic heterocycles. The second-order valence-corrected chi connectivity index (χ2v) is 4.69. The summed E-state index contributed by atoms with van der Waals surface area (Å²) >= 11 is 0.989. The first kappa shape index (κ1) is 15.0. The number of anilines is 1. The fourth-order valence-electron chi connectivity index (χ4n) is 1.27. The lowest BCUT2D eigenvalue weighted by molar-refractivity contribution is -0.113. The van der Waals surface area contributed by atoms with Gasteiger partial charge in [0.05, 0.1) is 18.1 Å². The van der Waals surface area contributed by atoms with Gasteiger partial charge in [-0.1, -0.05) is 22.0 Å². The van der Waals surface area contributed by atoms with Crippen LogP contribution in [0.15, 0.2) is 20.2 Å². The summed E-state index contributed by atoms with van der Waals surface area (Å²) in [5.41, 5.74) is 0.661. The molecule has 2 aromatic rings. The smallest absolute Gasteiger partial charge is 0.396 e.